The molecule has 2 atom stereocenters. The van der Waals surface area contributed by atoms with Gasteiger partial charge in [0.2, 0.25) is 0 Å². The second kappa shape index (κ2) is 12.6. The van der Waals surface area contributed by atoms with Crippen molar-refractivity contribution in [2.75, 3.05) is 26.7 Å². The highest BCUT2D eigenvalue weighted by Crippen LogP contribution is 2.38. The van der Waals surface area contributed by atoms with Crippen molar-refractivity contribution in [3.05, 3.63) is 29.3 Å². The maximum Gasteiger partial charge on any atom is 0.149 e. The van der Waals surface area contributed by atoms with Crippen LogP contribution in [-0.4, -0.2) is 73.8 Å². The largest absolute Gasteiger partial charge is 0.490 e. The molecule has 0 spiro atoms. The maximum atomic E-state index is 12.6. The Labute approximate surface area is 225 Å². The standard InChI is InChI=1S/C31H51N3O3/c1-19(2)22-10-23(12-26(11-22)36-27-13-24(14-27)32-7)29-17-34(18-30(35)20(3)4)9-8-31(29)37-28-15-25(16-28)33-21(5)6/h10-12,19-21,24-25,27-29,31-33H,8-9,13-18H2,1-7H3/t24-,25-,27-,28-,29?,31?. The summed E-state index contributed by atoms with van der Waals surface area (Å²) in [4.78, 5) is 14.9. The normalized spacial score (nSPS) is 30.4. The molecule has 0 aromatic heterocycles. The molecule has 0 bridgehead atoms. The molecule has 2 N–H and O–H groups in total. The van der Waals surface area contributed by atoms with E-state index < -0.39 is 0 Å². The molecule has 6 heteroatoms. The molecule has 6 nitrogen and oxygen atoms in total. The van der Waals surface area contributed by atoms with Crippen LogP contribution in [0.25, 0.3) is 0 Å². The fraction of sp³-hybridized carbons (Fsp3) is 0.774. The van der Waals surface area contributed by atoms with Crippen LogP contribution in [0, 0.1) is 5.92 Å². The van der Waals surface area contributed by atoms with E-state index in [1.807, 2.05) is 20.9 Å². The molecule has 37 heavy (non-hydrogen) atoms. The van der Waals surface area contributed by atoms with Crippen LogP contribution < -0.4 is 15.4 Å². The highest BCUT2D eigenvalue weighted by atomic mass is 16.5. The first-order chi connectivity index (χ1) is 17.6. The molecule has 1 heterocycles. The lowest BCUT2D eigenvalue weighted by Crippen LogP contribution is -2.51. The number of ether oxygens (including phenoxy) is 2. The van der Waals surface area contributed by atoms with Crippen LogP contribution in [-0.2, 0) is 9.53 Å². The predicted molar refractivity (Wildman–Crippen MR) is 151 cm³/mol. The minimum absolute atomic E-state index is 0.0703. The third-order valence-corrected chi connectivity index (χ3v) is 8.54. The average molecular weight is 514 g/mol. The van der Waals surface area contributed by atoms with E-state index in [2.05, 4.69) is 61.4 Å². The summed E-state index contributed by atoms with van der Waals surface area (Å²) in [6.45, 7) is 15.2. The summed E-state index contributed by atoms with van der Waals surface area (Å²) in [7, 11) is 2.03. The number of benzene rings is 1. The highest BCUT2D eigenvalue weighted by Gasteiger charge is 2.38. The van der Waals surface area contributed by atoms with Gasteiger partial charge >= 0.3 is 0 Å². The number of Topliss-reactive ketones (excluding diaryl/α,β-unsaturated/α-hetero) is 1. The van der Waals surface area contributed by atoms with Gasteiger partial charge in [0.1, 0.15) is 17.6 Å². The van der Waals surface area contributed by atoms with E-state index in [4.69, 9.17) is 9.47 Å². The number of nitrogens with one attached hydrogen (secondary N) is 2. The fourth-order valence-corrected chi connectivity index (χ4v) is 5.91. The first kappa shape index (κ1) is 28.5. The molecule has 2 unspecified atom stereocenters. The lowest BCUT2D eigenvalue weighted by atomic mass is 9.83. The second-order valence-electron chi connectivity index (χ2n) is 12.7. The molecular weight excluding hydrogens is 462 g/mol. The zero-order valence-corrected chi connectivity index (χ0v) is 24.3. The molecule has 208 valence electrons. The number of rotatable bonds is 12. The van der Waals surface area contributed by atoms with Crippen molar-refractivity contribution in [3.63, 3.8) is 0 Å². The van der Waals surface area contributed by atoms with Crippen molar-refractivity contribution in [1.29, 1.82) is 0 Å². The van der Waals surface area contributed by atoms with Gasteiger partial charge in [-0.2, -0.15) is 0 Å². The molecule has 4 rings (SSSR count). The number of ketones is 1. The lowest BCUT2D eigenvalue weighted by molar-refractivity contribution is -0.125. The molecule has 0 amide bonds. The number of nitrogens with zero attached hydrogens (tertiary/aromatic N) is 1. The second-order valence-corrected chi connectivity index (χ2v) is 12.7. The molecule has 2 saturated carbocycles. The number of likely N-dealkylation sites (tertiary alicyclic amines) is 1. The maximum absolute atomic E-state index is 12.6. The average Bonchev–Trinajstić information content (AvgIpc) is 2.79. The Morgan fingerprint density at radius 1 is 1.00 bits per heavy atom. The Bertz CT molecular complexity index is 890. The van der Waals surface area contributed by atoms with E-state index in [-0.39, 0.29) is 24.0 Å². The molecular formula is C31H51N3O3. The van der Waals surface area contributed by atoms with Crippen LogP contribution in [0.4, 0.5) is 0 Å². The minimum Gasteiger partial charge on any atom is -0.490 e. The molecule has 1 aromatic rings. The fourth-order valence-electron chi connectivity index (χ4n) is 5.91. The number of hydrogen-bond donors (Lipinski definition) is 2. The minimum atomic E-state index is 0.0703. The van der Waals surface area contributed by atoms with Crippen LogP contribution in [0.5, 0.6) is 5.75 Å². The number of carbonyl (C=O) groups is 1. The topological polar surface area (TPSA) is 62.8 Å². The third kappa shape index (κ3) is 7.56. The van der Waals surface area contributed by atoms with Crippen molar-refractivity contribution in [3.8, 4) is 5.75 Å². The van der Waals surface area contributed by atoms with Crippen molar-refractivity contribution >= 4 is 5.78 Å². The molecule has 1 saturated heterocycles. The molecule has 3 aliphatic rings. The van der Waals surface area contributed by atoms with Gasteiger partial charge in [-0.25, -0.2) is 0 Å². The zero-order chi connectivity index (χ0) is 26.7. The quantitative estimate of drug-likeness (QED) is 0.416. The van der Waals surface area contributed by atoms with Crippen LogP contribution in [0.1, 0.15) is 96.6 Å². The van der Waals surface area contributed by atoms with Gasteiger partial charge in [-0.15, -0.1) is 0 Å². The number of piperidine rings is 1. The van der Waals surface area contributed by atoms with Gasteiger partial charge in [0.25, 0.3) is 0 Å². The first-order valence-electron chi connectivity index (χ1n) is 14.8. The van der Waals surface area contributed by atoms with Gasteiger partial charge in [0, 0.05) is 43.1 Å². The third-order valence-electron chi connectivity index (χ3n) is 8.54. The molecule has 2 aliphatic carbocycles. The monoisotopic (exact) mass is 513 g/mol. The Balaban J connectivity index is 1.52. The van der Waals surface area contributed by atoms with Gasteiger partial charge in [-0.1, -0.05) is 47.6 Å². The summed E-state index contributed by atoms with van der Waals surface area (Å²) in [5, 5.41) is 7.00. The Morgan fingerprint density at radius 2 is 1.70 bits per heavy atom. The van der Waals surface area contributed by atoms with E-state index in [1.165, 1.54) is 11.1 Å². The van der Waals surface area contributed by atoms with Crippen molar-refractivity contribution in [2.45, 2.75) is 122 Å². The van der Waals surface area contributed by atoms with E-state index in [0.717, 1.165) is 50.9 Å². The van der Waals surface area contributed by atoms with Crippen molar-refractivity contribution in [1.82, 2.24) is 15.5 Å². The van der Waals surface area contributed by atoms with Gasteiger partial charge in [-0.05, 0) is 68.3 Å². The molecule has 1 aromatic carbocycles. The lowest BCUT2D eigenvalue weighted by Gasteiger charge is -2.44. The summed E-state index contributed by atoms with van der Waals surface area (Å²) in [5.74, 6) is 2.03. The summed E-state index contributed by atoms with van der Waals surface area (Å²) in [6.07, 6.45) is 6.04. The molecule has 3 fully saturated rings. The Morgan fingerprint density at radius 3 is 2.32 bits per heavy atom. The van der Waals surface area contributed by atoms with Gasteiger partial charge < -0.3 is 20.1 Å². The van der Waals surface area contributed by atoms with Crippen molar-refractivity contribution < 1.29 is 14.3 Å². The summed E-state index contributed by atoms with van der Waals surface area (Å²) < 4.78 is 13.3. The Hall–Kier alpha value is -1.47. The van der Waals surface area contributed by atoms with E-state index >= 15 is 0 Å². The molecule has 1 aliphatic heterocycles. The van der Waals surface area contributed by atoms with Crippen LogP contribution in [0.2, 0.25) is 0 Å². The van der Waals surface area contributed by atoms with Crippen LogP contribution in [0.15, 0.2) is 18.2 Å². The predicted octanol–water partition coefficient (Wildman–Crippen LogP) is 4.87. The van der Waals surface area contributed by atoms with E-state index in [0.29, 0.717) is 42.5 Å². The Kier molecular flexibility index (Phi) is 9.71. The van der Waals surface area contributed by atoms with Crippen LogP contribution in [0.3, 0.4) is 0 Å². The summed E-state index contributed by atoms with van der Waals surface area (Å²) >= 11 is 0. The van der Waals surface area contributed by atoms with Gasteiger partial charge in [0.15, 0.2) is 0 Å². The van der Waals surface area contributed by atoms with Crippen molar-refractivity contribution in [2.24, 2.45) is 5.92 Å². The zero-order valence-electron chi connectivity index (χ0n) is 24.3. The smallest absolute Gasteiger partial charge is 0.149 e. The summed E-state index contributed by atoms with van der Waals surface area (Å²) in [5.41, 5.74) is 2.62. The number of carbonyl (C=O) groups excluding carboxylic acids is 1. The van der Waals surface area contributed by atoms with Crippen LogP contribution >= 0.6 is 0 Å². The van der Waals surface area contributed by atoms with Gasteiger partial charge in [-0.3, -0.25) is 9.69 Å². The highest BCUT2D eigenvalue weighted by molar-refractivity contribution is 5.82. The van der Waals surface area contributed by atoms with E-state index in [1.54, 1.807) is 0 Å². The summed E-state index contributed by atoms with van der Waals surface area (Å²) in [6, 6.07) is 8.51. The van der Waals surface area contributed by atoms with Gasteiger partial charge in [0.05, 0.1) is 18.8 Å². The SMILES string of the molecule is CN[C@H]1C[C@H](Oc2cc(C(C)C)cc(C3CN(CC(=O)C(C)C)CCC3O[C@H]3C[C@H](NC(C)C)C3)c2)C1. The molecule has 0 radical (unpaired) electrons. The number of hydrogen-bond acceptors (Lipinski definition) is 6. The van der Waals surface area contributed by atoms with E-state index in [9.17, 15) is 4.79 Å². The first-order valence-corrected chi connectivity index (χ1v) is 14.8.